The van der Waals surface area contributed by atoms with E-state index in [1.807, 2.05) is 23.2 Å². The van der Waals surface area contributed by atoms with Crippen LogP contribution in [0.2, 0.25) is 0 Å². The molecular formula is C20H25N3O. The van der Waals surface area contributed by atoms with Crippen LogP contribution < -0.4 is 5.32 Å². The maximum Gasteiger partial charge on any atom is 0.219 e. The lowest BCUT2D eigenvalue weighted by Crippen LogP contribution is -2.35. The Kier molecular flexibility index (Phi) is 5.26. The molecule has 0 aliphatic carbocycles. The van der Waals surface area contributed by atoms with Crippen LogP contribution in [0.4, 0.5) is 0 Å². The van der Waals surface area contributed by atoms with Crippen molar-refractivity contribution in [2.45, 2.75) is 26.3 Å². The molecule has 4 nitrogen and oxygen atoms in total. The lowest BCUT2D eigenvalue weighted by molar-refractivity contribution is -0.130. The highest BCUT2D eigenvalue weighted by Gasteiger charge is 2.30. The van der Waals surface area contributed by atoms with E-state index in [1.165, 1.54) is 11.1 Å². The minimum atomic E-state index is 0.119. The van der Waals surface area contributed by atoms with Gasteiger partial charge in [-0.25, -0.2) is 0 Å². The minimum absolute atomic E-state index is 0.119. The Hall–Kier alpha value is -2.20. The van der Waals surface area contributed by atoms with Gasteiger partial charge in [0.05, 0.1) is 0 Å². The van der Waals surface area contributed by atoms with Crippen LogP contribution in [0, 0.1) is 12.8 Å². The molecule has 0 bridgehead atoms. The Morgan fingerprint density at radius 1 is 1.25 bits per heavy atom. The molecule has 4 heteroatoms. The number of pyridine rings is 1. The molecule has 3 rings (SSSR count). The van der Waals surface area contributed by atoms with Crippen molar-refractivity contribution in [2.75, 3.05) is 19.6 Å². The Bertz CT molecular complexity index is 669. The van der Waals surface area contributed by atoms with Gasteiger partial charge in [0.15, 0.2) is 0 Å². The monoisotopic (exact) mass is 323 g/mol. The van der Waals surface area contributed by atoms with E-state index in [2.05, 4.69) is 41.5 Å². The van der Waals surface area contributed by atoms with E-state index < -0.39 is 0 Å². The van der Waals surface area contributed by atoms with Crippen LogP contribution in [0.5, 0.6) is 0 Å². The van der Waals surface area contributed by atoms with Gasteiger partial charge < -0.3 is 10.2 Å². The third kappa shape index (κ3) is 4.01. The van der Waals surface area contributed by atoms with Gasteiger partial charge in [0.25, 0.3) is 0 Å². The number of nitrogens with zero attached hydrogens (tertiary/aromatic N) is 2. The van der Waals surface area contributed by atoms with Crippen LogP contribution in [-0.2, 0) is 11.3 Å². The zero-order valence-corrected chi connectivity index (χ0v) is 14.4. The number of nitrogens with one attached hydrogen (secondary N) is 1. The van der Waals surface area contributed by atoms with Crippen molar-refractivity contribution in [3.05, 3.63) is 65.5 Å². The highest BCUT2D eigenvalue weighted by molar-refractivity contribution is 5.73. The number of carbonyl (C=O) groups is 1. The van der Waals surface area contributed by atoms with E-state index in [4.69, 9.17) is 0 Å². The Balaban J connectivity index is 1.71. The Morgan fingerprint density at radius 2 is 2.04 bits per heavy atom. The van der Waals surface area contributed by atoms with Gasteiger partial charge in [0, 0.05) is 51.4 Å². The number of rotatable bonds is 5. The smallest absolute Gasteiger partial charge is 0.219 e. The van der Waals surface area contributed by atoms with Gasteiger partial charge in [-0.2, -0.15) is 0 Å². The quantitative estimate of drug-likeness (QED) is 0.920. The van der Waals surface area contributed by atoms with Crippen LogP contribution in [0.15, 0.2) is 48.8 Å². The molecule has 1 saturated heterocycles. The first-order valence-corrected chi connectivity index (χ1v) is 8.55. The summed E-state index contributed by atoms with van der Waals surface area (Å²) in [7, 11) is 0. The third-order valence-electron chi connectivity index (χ3n) is 4.84. The number of aromatic nitrogens is 1. The van der Waals surface area contributed by atoms with Crippen LogP contribution in [0.25, 0.3) is 0 Å². The van der Waals surface area contributed by atoms with Gasteiger partial charge in [-0.15, -0.1) is 0 Å². The number of hydrogen-bond donors (Lipinski definition) is 1. The van der Waals surface area contributed by atoms with E-state index in [0.29, 0.717) is 18.4 Å². The molecule has 0 spiro atoms. The van der Waals surface area contributed by atoms with Crippen LogP contribution in [-0.4, -0.2) is 35.4 Å². The van der Waals surface area contributed by atoms with E-state index in [0.717, 1.165) is 25.2 Å². The molecule has 1 fully saturated rings. The fourth-order valence-corrected chi connectivity index (χ4v) is 3.43. The first-order chi connectivity index (χ1) is 11.6. The van der Waals surface area contributed by atoms with Gasteiger partial charge in [-0.1, -0.05) is 35.9 Å². The molecule has 1 aliphatic rings. The maximum atomic E-state index is 12.1. The third-order valence-corrected chi connectivity index (χ3v) is 4.84. The van der Waals surface area contributed by atoms with Crippen molar-refractivity contribution in [3.8, 4) is 0 Å². The summed E-state index contributed by atoms with van der Waals surface area (Å²) in [4.78, 5) is 18.2. The molecular weight excluding hydrogens is 298 g/mol. The van der Waals surface area contributed by atoms with E-state index in [1.54, 1.807) is 13.1 Å². The second kappa shape index (κ2) is 7.58. The Labute approximate surface area is 143 Å². The molecule has 1 amide bonds. The topological polar surface area (TPSA) is 45.2 Å². The Morgan fingerprint density at radius 3 is 2.71 bits per heavy atom. The average molecular weight is 323 g/mol. The molecule has 2 unspecified atom stereocenters. The molecule has 1 N–H and O–H groups in total. The van der Waals surface area contributed by atoms with Crippen LogP contribution >= 0.6 is 0 Å². The van der Waals surface area contributed by atoms with Gasteiger partial charge in [-0.3, -0.25) is 9.78 Å². The minimum Gasteiger partial charge on any atom is -0.338 e. The number of carbonyl (C=O) groups excluding carboxylic acids is 1. The first kappa shape index (κ1) is 16.7. The molecule has 0 saturated carbocycles. The molecule has 0 radical (unpaired) electrons. The second-order valence-electron chi connectivity index (χ2n) is 6.70. The molecule has 24 heavy (non-hydrogen) atoms. The predicted molar refractivity (Wildman–Crippen MR) is 95.6 cm³/mol. The standard InChI is InChI=1S/C20H25N3O/c1-15-5-7-18(8-6-15)20-12-22-11-19(20)14-23(16(2)24)13-17-4-3-9-21-10-17/h3-10,19-20,22H,11-14H2,1-2H3. The number of amides is 1. The fraction of sp³-hybridized carbons (Fsp3) is 0.400. The number of hydrogen-bond acceptors (Lipinski definition) is 3. The van der Waals surface area contributed by atoms with Crippen molar-refractivity contribution < 1.29 is 4.79 Å². The van der Waals surface area contributed by atoms with E-state index in [-0.39, 0.29) is 5.91 Å². The highest BCUT2D eigenvalue weighted by atomic mass is 16.2. The molecule has 1 aliphatic heterocycles. The largest absolute Gasteiger partial charge is 0.338 e. The zero-order chi connectivity index (χ0) is 16.9. The van der Waals surface area contributed by atoms with Crippen molar-refractivity contribution >= 4 is 5.91 Å². The molecule has 126 valence electrons. The molecule has 1 aromatic heterocycles. The highest BCUT2D eigenvalue weighted by Crippen LogP contribution is 2.29. The summed E-state index contributed by atoms with van der Waals surface area (Å²) in [6.45, 7) is 7.09. The predicted octanol–water partition coefficient (Wildman–Crippen LogP) is 2.74. The van der Waals surface area contributed by atoms with Gasteiger partial charge in [0.2, 0.25) is 5.91 Å². The van der Waals surface area contributed by atoms with Crippen molar-refractivity contribution in [3.63, 3.8) is 0 Å². The average Bonchev–Trinajstić information content (AvgIpc) is 3.04. The fourth-order valence-electron chi connectivity index (χ4n) is 3.43. The van der Waals surface area contributed by atoms with Crippen LogP contribution in [0.3, 0.4) is 0 Å². The summed E-state index contributed by atoms with van der Waals surface area (Å²) in [5.41, 5.74) is 3.72. The first-order valence-electron chi connectivity index (χ1n) is 8.55. The van der Waals surface area contributed by atoms with E-state index >= 15 is 0 Å². The summed E-state index contributed by atoms with van der Waals surface area (Å²) in [6, 6.07) is 12.7. The van der Waals surface area contributed by atoms with Crippen molar-refractivity contribution in [2.24, 2.45) is 5.92 Å². The molecule has 2 atom stereocenters. The number of aryl methyl sites for hydroxylation is 1. The van der Waals surface area contributed by atoms with Crippen molar-refractivity contribution in [1.29, 1.82) is 0 Å². The second-order valence-corrected chi connectivity index (χ2v) is 6.70. The normalized spacial score (nSPS) is 20.1. The van der Waals surface area contributed by atoms with E-state index in [9.17, 15) is 4.79 Å². The maximum absolute atomic E-state index is 12.1. The van der Waals surface area contributed by atoms with Gasteiger partial charge in [0.1, 0.15) is 0 Å². The summed E-state index contributed by atoms with van der Waals surface area (Å²) in [5, 5.41) is 3.49. The summed E-state index contributed by atoms with van der Waals surface area (Å²) in [6.07, 6.45) is 3.59. The summed E-state index contributed by atoms with van der Waals surface area (Å²) >= 11 is 0. The zero-order valence-electron chi connectivity index (χ0n) is 14.4. The SMILES string of the molecule is CC(=O)N(Cc1cccnc1)CC1CNCC1c1ccc(C)cc1. The van der Waals surface area contributed by atoms with Crippen molar-refractivity contribution in [1.82, 2.24) is 15.2 Å². The van der Waals surface area contributed by atoms with Gasteiger partial charge >= 0.3 is 0 Å². The van der Waals surface area contributed by atoms with Gasteiger partial charge in [-0.05, 0) is 30.0 Å². The summed E-state index contributed by atoms with van der Waals surface area (Å²) in [5.74, 6) is 1.02. The molecule has 2 heterocycles. The lowest BCUT2D eigenvalue weighted by atomic mass is 9.88. The summed E-state index contributed by atoms with van der Waals surface area (Å²) < 4.78 is 0. The van der Waals surface area contributed by atoms with Crippen LogP contribution in [0.1, 0.15) is 29.5 Å². The lowest BCUT2D eigenvalue weighted by Gasteiger charge is -2.27. The molecule has 1 aromatic carbocycles. The number of benzene rings is 1. The molecule has 2 aromatic rings.